The Labute approximate surface area is 173 Å². The first-order valence-corrected chi connectivity index (χ1v) is 12.5. The molecule has 0 spiro atoms. The number of hydrogen-bond acceptors (Lipinski definition) is 4. The second-order valence-electron chi connectivity index (χ2n) is 8.15. The fourth-order valence-corrected chi connectivity index (χ4v) is 7.64. The van der Waals surface area contributed by atoms with Crippen LogP contribution in [-0.2, 0) is 20.0 Å². The molecule has 8 heteroatoms. The molecule has 2 aromatic rings. The molecule has 3 rings (SSSR count). The van der Waals surface area contributed by atoms with Crippen LogP contribution in [-0.4, -0.2) is 28.9 Å². The number of benzene rings is 2. The van der Waals surface area contributed by atoms with Crippen molar-refractivity contribution in [2.45, 2.75) is 69.8 Å². The Hall–Kier alpha value is -1.74. The van der Waals surface area contributed by atoms with Crippen LogP contribution in [0.1, 0.15) is 39.8 Å². The molecular formula is C21H28N2O4S2. The van der Waals surface area contributed by atoms with Gasteiger partial charge in [-0.2, -0.15) is 0 Å². The van der Waals surface area contributed by atoms with E-state index in [4.69, 9.17) is 0 Å². The maximum atomic E-state index is 12.9. The summed E-state index contributed by atoms with van der Waals surface area (Å²) >= 11 is 0. The fraction of sp³-hybridized carbons (Fsp3) is 0.429. The quantitative estimate of drug-likeness (QED) is 0.728. The molecule has 0 unspecified atom stereocenters. The van der Waals surface area contributed by atoms with Crippen LogP contribution < -0.4 is 9.44 Å². The predicted molar refractivity (Wildman–Crippen MR) is 114 cm³/mol. The van der Waals surface area contributed by atoms with Crippen LogP contribution >= 0.6 is 0 Å². The lowest BCUT2D eigenvalue weighted by atomic mass is 10.1. The number of rotatable bonds is 6. The zero-order valence-corrected chi connectivity index (χ0v) is 19.3. The predicted octanol–water partition coefficient (Wildman–Crippen LogP) is 2.93. The maximum absolute atomic E-state index is 12.9. The smallest absolute Gasteiger partial charge is 0.207 e. The van der Waals surface area contributed by atoms with Gasteiger partial charge < -0.3 is 0 Å². The molecule has 2 N–H and O–H groups in total. The van der Waals surface area contributed by atoms with E-state index in [2.05, 4.69) is 9.44 Å². The summed E-state index contributed by atoms with van der Waals surface area (Å²) < 4.78 is 56.8. The molecule has 29 heavy (non-hydrogen) atoms. The highest BCUT2D eigenvalue weighted by Gasteiger charge is 2.43. The van der Waals surface area contributed by atoms with Crippen molar-refractivity contribution in [1.29, 1.82) is 0 Å². The molecule has 1 fully saturated rings. The van der Waals surface area contributed by atoms with E-state index < -0.39 is 32.1 Å². The molecule has 2 aromatic carbocycles. The first-order chi connectivity index (χ1) is 13.3. The molecule has 6 nitrogen and oxygen atoms in total. The zero-order valence-electron chi connectivity index (χ0n) is 17.6. The van der Waals surface area contributed by atoms with Gasteiger partial charge in [0.15, 0.2) is 0 Å². The molecule has 0 aromatic heterocycles. The largest absolute Gasteiger partial charge is 0.241 e. The van der Waals surface area contributed by atoms with E-state index >= 15 is 0 Å². The van der Waals surface area contributed by atoms with Gasteiger partial charge in [0.2, 0.25) is 20.0 Å². The first-order valence-electron chi connectivity index (χ1n) is 9.52. The van der Waals surface area contributed by atoms with Gasteiger partial charge in [-0.05, 0) is 70.2 Å². The summed E-state index contributed by atoms with van der Waals surface area (Å²) in [6.07, 6.45) is 0.423. The third kappa shape index (κ3) is 4.55. The van der Waals surface area contributed by atoms with Crippen LogP contribution in [0, 0.1) is 41.5 Å². The lowest BCUT2D eigenvalue weighted by Crippen LogP contribution is -2.35. The van der Waals surface area contributed by atoms with Gasteiger partial charge in [-0.1, -0.05) is 35.4 Å². The van der Waals surface area contributed by atoms with Crippen LogP contribution in [0.4, 0.5) is 0 Å². The molecule has 0 aliphatic heterocycles. The second kappa shape index (κ2) is 7.50. The van der Waals surface area contributed by atoms with E-state index in [9.17, 15) is 16.8 Å². The Morgan fingerprint density at radius 2 is 0.897 bits per heavy atom. The molecule has 2 atom stereocenters. The minimum absolute atomic E-state index is 0.266. The van der Waals surface area contributed by atoms with Crippen LogP contribution in [0.3, 0.4) is 0 Å². The van der Waals surface area contributed by atoms with Crippen LogP contribution in [0.2, 0.25) is 0 Å². The Morgan fingerprint density at radius 3 is 1.17 bits per heavy atom. The SMILES string of the molecule is Cc1cc(C)c(S(=O)(=O)N[C@H]2C[C@H]2NS(=O)(=O)c2c(C)cc(C)cc2C)c(C)c1. The molecule has 0 amide bonds. The van der Waals surface area contributed by atoms with E-state index in [0.29, 0.717) is 28.7 Å². The molecule has 1 saturated carbocycles. The van der Waals surface area contributed by atoms with E-state index in [1.165, 1.54) is 0 Å². The monoisotopic (exact) mass is 436 g/mol. The van der Waals surface area contributed by atoms with Gasteiger partial charge in [-0.25, -0.2) is 26.3 Å². The van der Waals surface area contributed by atoms with E-state index in [1.807, 2.05) is 38.1 Å². The van der Waals surface area contributed by atoms with E-state index in [-0.39, 0.29) is 9.79 Å². The summed E-state index contributed by atoms with van der Waals surface area (Å²) in [5.74, 6) is 0. The van der Waals surface area contributed by atoms with Gasteiger partial charge in [0.25, 0.3) is 0 Å². The van der Waals surface area contributed by atoms with Gasteiger partial charge in [-0.3, -0.25) is 0 Å². The Bertz CT molecular complexity index is 1050. The van der Waals surface area contributed by atoms with Gasteiger partial charge in [0, 0.05) is 12.1 Å². The highest BCUT2D eigenvalue weighted by molar-refractivity contribution is 7.90. The standard InChI is InChI=1S/C21H28N2O4S2/c1-12-7-14(3)20(15(4)8-12)28(24,25)22-18-11-19(18)23-29(26,27)21-16(5)9-13(2)10-17(21)6/h7-10,18-19,22-23H,11H2,1-6H3/t18-,19+. The number of nitrogens with one attached hydrogen (secondary N) is 2. The lowest BCUT2D eigenvalue weighted by Gasteiger charge is -2.15. The van der Waals surface area contributed by atoms with Gasteiger partial charge in [0.05, 0.1) is 9.79 Å². The summed E-state index contributed by atoms with van der Waals surface area (Å²) in [4.78, 5) is 0.531. The lowest BCUT2D eigenvalue weighted by molar-refractivity contribution is 0.568. The van der Waals surface area contributed by atoms with Gasteiger partial charge in [0.1, 0.15) is 0 Å². The molecule has 158 valence electrons. The van der Waals surface area contributed by atoms with E-state index in [0.717, 1.165) is 11.1 Å². The third-order valence-corrected chi connectivity index (χ3v) is 8.74. The molecular weight excluding hydrogens is 408 g/mol. The summed E-state index contributed by atoms with van der Waals surface area (Å²) in [6, 6.07) is 6.41. The van der Waals surface area contributed by atoms with Gasteiger partial charge >= 0.3 is 0 Å². The van der Waals surface area contributed by atoms with Crippen LogP contribution in [0.15, 0.2) is 34.1 Å². The highest BCUT2D eigenvalue weighted by atomic mass is 32.2. The minimum Gasteiger partial charge on any atom is -0.207 e. The van der Waals surface area contributed by atoms with E-state index in [1.54, 1.807) is 27.7 Å². The average Bonchev–Trinajstić information content (AvgIpc) is 3.19. The molecule has 0 saturated heterocycles. The molecule has 1 aliphatic rings. The summed E-state index contributed by atoms with van der Waals surface area (Å²) in [6.45, 7) is 10.9. The fourth-order valence-electron chi connectivity index (χ4n) is 4.15. The van der Waals surface area contributed by atoms with Crippen LogP contribution in [0.5, 0.6) is 0 Å². The maximum Gasteiger partial charge on any atom is 0.241 e. The summed E-state index contributed by atoms with van der Waals surface area (Å²) in [7, 11) is -7.47. The van der Waals surface area contributed by atoms with Crippen molar-refractivity contribution in [2.24, 2.45) is 0 Å². The van der Waals surface area contributed by atoms with Crippen molar-refractivity contribution in [1.82, 2.24) is 9.44 Å². The molecule has 0 bridgehead atoms. The number of aryl methyl sites for hydroxylation is 6. The number of sulfonamides is 2. The van der Waals surface area contributed by atoms with Crippen molar-refractivity contribution < 1.29 is 16.8 Å². The van der Waals surface area contributed by atoms with Crippen molar-refractivity contribution >= 4 is 20.0 Å². The Balaban J connectivity index is 1.77. The first kappa shape index (κ1) is 22.0. The normalized spacial score (nSPS) is 19.4. The van der Waals surface area contributed by atoms with Crippen molar-refractivity contribution in [3.05, 3.63) is 57.6 Å². The Morgan fingerprint density at radius 1 is 0.621 bits per heavy atom. The zero-order chi connectivity index (χ0) is 21.7. The minimum atomic E-state index is -3.74. The van der Waals surface area contributed by atoms with Crippen LogP contribution in [0.25, 0.3) is 0 Å². The second-order valence-corrected chi connectivity index (χ2v) is 11.4. The molecule has 0 heterocycles. The average molecular weight is 437 g/mol. The topological polar surface area (TPSA) is 92.3 Å². The molecule has 1 aliphatic carbocycles. The highest BCUT2D eigenvalue weighted by Crippen LogP contribution is 2.30. The van der Waals surface area contributed by atoms with Gasteiger partial charge in [-0.15, -0.1) is 0 Å². The van der Waals surface area contributed by atoms with Crippen molar-refractivity contribution in [3.8, 4) is 0 Å². The summed E-state index contributed by atoms with van der Waals surface area (Å²) in [5.41, 5.74) is 4.72. The number of hydrogen-bond donors (Lipinski definition) is 2. The third-order valence-electron chi connectivity index (χ3n) is 5.15. The molecule has 0 radical (unpaired) electrons. The summed E-state index contributed by atoms with van der Waals surface area (Å²) in [5, 5.41) is 0. The Kier molecular flexibility index (Phi) is 5.68. The van der Waals surface area contributed by atoms with Crippen molar-refractivity contribution in [2.75, 3.05) is 0 Å². The van der Waals surface area contributed by atoms with Crippen molar-refractivity contribution in [3.63, 3.8) is 0 Å².